The molecule has 0 saturated carbocycles. The Morgan fingerprint density at radius 3 is 2.50 bits per heavy atom. The summed E-state index contributed by atoms with van der Waals surface area (Å²) >= 11 is 0. The summed E-state index contributed by atoms with van der Waals surface area (Å²) in [5.74, 6) is -0.0637. The lowest BCUT2D eigenvalue weighted by Gasteiger charge is -2.21. The van der Waals surface area contributed by atoms with Gasteiger partial charge in [-0.1, -0.05) is 52.8 Å². The van der Waals surface area contributed by atoms with E-state index in [1.54, 1.807) is 23.2 Å². The lowest BCUT2D eigenvalue weighted by molar-refractivity contribution is 0.0776. The van der Waals surface area contributed by atoms with Gasteiger partial charge in [-0.15, -0.1) is 0 Å². The number of hydrogen-bond donors (Lipinski definition) is 2. The Morgan fingerprint density at radius 1 is 1.17 bits per heavy atom. The molecule has 1 amide bonds. The molecule has 2 aromatic carbocycles. The van der Waals surface area contributed by atoms with Crippen molar-refractivity contribution in [3.8, 4) is 11.1 Å². The van der Waals surface area contributed by atoms with Crippen LogP contribution in [0.25, 0.3) is 11.1 Å². The largest absolute Gasteiger partial charge is 0.409 e. The van der Waals surface area contributed by atoms with Crippen molar-refractivity contribution >= 4 is 23.7 Å². The van der Waals surface area contributed by atoms with Crippen LogP contribution in [0.2, 0.25) is 0 Å². The summed E-state index contributed by atoms with van der Waals surface area (Å²) in [5.41, 5.74) is 3.38. The molecule has 1 heterocycles. The molecule has 1 fully saturated rings. The number of hydrogen-bond acceptors (Lipinski definition) is 6. The first kappa shape index (κ1) is 21.2. The summed E-state index contributed by atoms with van der Waals surface area (Å²) < 4.78 is 0. The minimum absolute atomic E-state index is 0.0919. The molecule has 1 aliphatic heterocycles. The van der Waals surface area contributed by atoms with Crippen molar-refractivity contribution < 1.29 is 19.9 Å². The molecule has 8 heteroatoms. The number of benzene rings is 2. The average molecular weight is 408 g/mol. The van der Waals surface area contributed by atoms with Crippen LogP contribution in [-0.2, 0) is 4.84 Å². The molecular formula is C22H24N4O4. The highest BCUT2D eigenvalue weighted by Crippen LogP contribution is 2.22. The van der Waals surface area contributed by atoms with Crippen LogP contribution < -0.4 is 0 Å². The van der Waals surface area contributed by atoms with Crippen molar-refractivity contribution in [1.29, 1.82) is 0 Å². The Hall–Kier alpha value is -3.52. The average Bonchev–Trinajstić information content (AvgIpc) is 3.19. The zero-order chi connectivity index (χ0) is 21.3. The maximum absolute atomic E-state index is 13.1. The Morgan fingerprint density at radius 2 is 1.87 bits per heavy atom. The first-order chi connectivity index (χ1) is 14.7. The molecule has 0 spiro atoms. The minimum atomic E-state index is -0.365. The van der Waals surface area contributed by atoms with Crippen molar-refractivity contribution in [2.45, 2.75) is 18.9 Å². The molecule has 0 aromatic heterocycles. The second-order valence-electron chi connectivity index (χ2n) is 6.76. The van der Waals surface area contributed by atoms with E-state index in [1.807, 2.05) is 42.5 Å². The van der Waals surface area contributed by atoms with Crippen molar-refractivity contribution in [1.82, 2.24) is 4.90 Å². The van der Waals surface area contributed by atoms with E-state index in [4.69, 9.17) is 15.2 Å². The molecule has 0 radical (unpaired) electrons. The Labute approximate surface area is 174 Å². The van der Waals surface area contributed by atoms with Gasteiger partial charge in [0, 0.05) is 24.6 Å². The minimum Gasteiger partial charge on any atom is -0.409 e. The van der Waals surface area contributed by atoms with Crippen LogP contribution in [0, 0.1) is 0 Å². The van der Waals surface area contributed by atoms with E-state index >= 15 is 0 Å². The summed E-state index contributed by atoms with van der Waals surface area (Å²) in [5, 5.41) is 25.0. The van der Waals surface area contributed by atoms with E-state index in [1.165, 1.54) is 7.11 Å². The summed E-state index contributed by atoms with van der Waals surface area (Å²) in [6.07, 6.45) is 2.12. The van der Waals surface area contributed by atoms with E-state index in [9.17, 15) is 4.79 Å². The topological polar surface area (TPSA) is 107 Å². The third kappa shape index (κ3) is 5.09. The Bertz CT molecular complexity index is 939. The van der Waals surface area contributed by atoms with Crippen molar-refractivity contribution in [2.75, 3.05) is 20.3 Å². The number of carbonyl (C=O) groups is 1. The molecule has 1 atom stereocenters. The van der Waals surface area contributed by atoms with Gasteiger partial charge in [0.25, 0.3) is 5.91 Å². The molecular weight excluding hydrogens is 384 g/mol. The number of likely N-dealkylation sites (tertiary alicyclic amines) is 1. The molecule has 1 unspecified atom stereocenters. The van der Waals surface area contributed by atoms with E-state index in [0.29, 0.717) is 24.2 Å². The van der Waals surface area contributed by atoms with Gasteiger partial charge in [0.05, 0.1) is 24.9 Å². The van der Waals surface area contributed by atoms with Gasteiger partial charge in [-0.3, -0.25) is 4.79 Å². The monoisotopic (exact) mass is 408 g/mol. The lowest BCUT2D eigenvalue weighted by Crippen LogP contribution is -2.36. The van der Waals surface area contributed by atoms with Gasteiger partial charge in [-0.2, -0.15) is 0 Å². The normalized spacial score (nSPS) is 18.3. The third-order valence-corrected chi connectivity index (χ3v) is 4.76. The van der Waals surface area contributed by atoms with E-state index < -0.39 is 0 Å². The zero-order valence-corrected chi connectivity index (χ0v) is 16.7. The molecule has 8 nitrogen and oxygen atoms in total. The third-order valence-electron chi connectivity index (χ3n) is 4.76. The molecule has 1 saturated heterocycles. The van der Waals surface area contributed by atoms with Gasteiger partial charge >= 0.3 is 0 Å². The standard InChI is InChI=1S/C22H24N4O4/c1-30-25-19-13-20(14-23-21(24-29)11-12-27)26(15-19)22(28)18-9-7-17(8-10-18)16-5-3-2-4-6-16/h2-10,14,20,27,29H,11-13,15H2,1H3/b23-14?,24-21-,25-19+. The van der Waals surface area contributed by atoms with Crippen LogP contribution in [0.4, 0.5) is 0 Å². The van der Waals surface area contributed by atoms with Crippen molar-refractivity contribution in [3.05, 3.63) is 60.2 Å². The molecule has 2 aromatic rings. The fourth-order valence-electron chi connectivity index (χ4n) is 3.29. The summed E-state index contributed by atoms with van der Waals surface area (Å²) in [6, 6.07) is 17.0. The van der Waals surface area contributed by atoms with Crippen LogP contribution in [-0.4, -0.2) is 65.2 Å². The maximum atomic E-state index is 13.1. The van der Waals surface area contributed by atoms with Gasteiger partial charge < -0.3 is 20.1 Å². The number of aliphatic imine (C=N–C) groups is 1. The van der Waals surface area contributed by atoms with Gasteiger partial charge in [0.15, 0.2) is 5.84 Å². The first-order valence-electron chi connectivity index (χ1n) is 9.57. The number of amidine groups is 1. The van der Waals surface area contributed by atoms with Crippen LogP contribution in [0.5, 0.6) is 0 Å². The summed E-state index contributed by atoms with van der Waals surface area (Å²) in [4.78, 5) is 23.8. The Kier molecular flexibility index (Phi) is 7.29. The number of aliphatic hydroxyl groups excluding tert-OH is 1. The summed E-state index contributed by atoms with van der Waals surface area (Å²) in [7, 11) is 1.46. The van der Waals surface area contributed by atoms with Gasteiger partial charge in [0.2, 0.25) is 0 Å². The fourth-order valence-corrected chi connectivity index (χ4v) is 3.29. The predicted octanol–water partition coefficient (Wildman–Crippen LogP) is 2.81. The fraction of sp³-hybridized carbons (Fsp3) is 0.273. The number of nitrogens with zero attached hydrogens (tertiary/aromatic N) is 4. The van der Waals surface area contributed by atoms with E-state index in [0.717, 1.165) is 11.1 Å². The van der Waals surface area contributed by atoms with Crippen LogP contribution in [0.3, 0.4) is 0 Å². The second-order valence-corrected chi connectivity index (χ2v) is 6.76. The van der Waals surface area contributed by atoms with Crippen LogP contribution in [0.15, 0.2) is 69.9 Å². The SMILES string of the molecule is CO/N=C1\CC(C=N/C(CCO)=N\O)N(C(=O)c2ccc(-c3ccccc3)cc2)C1. The first-order valence-corrected chi connectivity index (χ1v) is 9.57. The highest BCUT2D eigenvalue weighted by atomic mass is 16.6. The quantitative estimate of drug-likeness (QED) is 0.332. The molecule has 1 aliphatic rings. The molecule has 3 rings (SSSR count). The van der Waals surface area contributed by atoms with E-state index in [-0.39, 0.29) is 30.8 Å². The highest BCUT2D eigenvalue weighted by Gasteiger charge is 2.33. The maximum Gasteiger partial charge on any atom is 0.254 e. The van der Waals surface area contributed by atoms with Crippen molar-refractivity contribution in [3.63, 3.8) is 0 Å². The number of carbonyl (C=O) groups excluding carboxylic acids is 1. The number of rotatable bonds is 6. The number of amides is 1. The molecule has 0 aliphatic carbocycles. The highest BCUT2D eigenvalue weighted by molar-refractivity contribution is 6.04. The van der Waals surface area contributed by atoms with Gasteiger partial charge in [-0.25, -0.2) is 4.99 Å². The Balaban J connectivity index is 1.80. The van der Waals surface area contributed by atoms with Gasteiger partial charge in [0.1, 0.15) is 7.11 Å². The van der Waals surface area contributed by atoms with Crippen LogP contribution in [0.1, 0.15) is 23.2 Å². The van der Waals surface area contributed by atoms with E-state index in [2.05, 4.69) is 15.3 Å². The van der Waals surface area contributed by atoms with Crippen LogP contribution >= 0.6 is 0 Å². The predicted molar refractivity (Wildman–Crippen MR) is 115 cm³/mol. The molecule has 0 bridgehead atoms. The number of aliphatic hydroxyl groups is 1. The molecule has 156 valence electrons. The molecule has 30 heavy (non-hydrogen) atoms. The molecule has 2 N–H and O–H groups in total. The summed E-state index contributed by atoms with van der Waals surface area (Å²) in [6.45, 7) is 0.129. The van der Waals surface area contributed by atoms with Gasteiger partial charge in [-0.05, 0) is 23.3 Å². The smallest absolute Gasteiger partial charge is 0.254 e. The van der Waals surface area contributed by atoms with Crippen molar-refractivity contribution in [2.24, 2.45) is 15.3 Å². The number of oxime groups is 2. The second kappa shape index (κ2) is 10.3. The lowest BCUT2D eigenvalue weighted by atomic mass is 10.0. The zero-order valence-electron chi connectivity index (χ0n) is 16.7.